The highest BCUT2D eigenvalue weighted by Gasteiger charge is 2.45. The topological polar surface area (TPSA) is 0 Å². The highest BCUT2D eigenvalue weighted by Crippen LogP contribution is 2.55. The average Bonchev–Trinajstić information content (AvgIpc) is 2.93. The summed E-state index contributed by atoms with van der Waals surface area (Å²) in [5, 5.41) is 0. The van der Waals surface area contributed by atoms with Gasteiger partial charge in [0.1, 0.15) is 0 Å². The van der Waals surface area contributed by atoms with Crippen LogP contribution in [-0.2, 0) is 0 Å². The molecule has 0 spiro atoms. The minimum Gasteiger partial charge on any atom is -0.0654 e. The predicted molar refractivity (Wildman–Crippen MR) is 122 cm³/mol. The zero-order valence-corrected chi connectivity index (χ0v) is 20.1. The predicted octanol–water partition coefficient (Wildman–Crippen LogP) is 9.28. The van der Waals surface area contributed by atoms with E-state index in [4.69, 9.17) is 0 Å². The van der Waals surface area contributed by atoms with Crippen LogP contribution in [0.1, 0.15) is 132 Å². The second-order valence-corrected chi connectivity index (χ2v) is 11.5. The van der Waals surface area contributed by atoms with Gasteiger partial charge in [-0.2, -0.15) is 0 Å². The van der Waals surface area contributed by atoms with Crippen molar-refractivity contribution in [2.45, 2.75) is 132 Å². The van der Waals surface area contributed by atoms with Crippen LogP contribution in [0.2, 0.25) is 0 Å². The molecule has 2 saturated carbocycles. The molecule has 0 heteroatoms. The van der Waals surface area contributed by atoms with Gasteiger partial charge < -0.3 is 0 Å². The van der Waals surface area contributed by atoms with Crippen LogP contribution in [0.15, 0.2) is 0 Å². The Morgan fingerprint density at radius 2 is 1.56 bits per heavy atom. The first-order valence-corrected chi connectivity index (χ1v) is 12.8. The lowest BCUT2D eigenvalue weighted by atomic mass is 9.57. The molecule has 0 nitrogen and oxygen atoms in total. The maximum atomic E-state index is 2.66. The van der Waals surface area contributed by atoms with Crippen LogP contribution in [-0.4, -0.2) is 0 Å². The first kappa shape index (κ1) is 23.3. The minimum atomic E-state index is 0.583. The van der Waals surface area contributed by atoms with Crippen LogP contribution in [0.5, 0.6) is 0 Å². The number of unbranched alkanes of at least 4 members (excludes halogenated alkanes) is 2. The third kappa shape index (κ3) is 5.33. The zero-order chi connectivity index (χ0) is 20.1. The van der Waals surface area contributed by atoms with Gasteiger partial charge in [-0.15, -0.1) is 0 Å². The fraction of sp³-hybridized carbons (Fsp3) is 1.00. The molecular weight excluding hydrogens is 324 g/mol. The Morgan fingerprint density at radius 1 is 0.889 bits per heavy atom. The van der Waals surface area contributed by atoms with E-state index in [1.807, 2.05) is 0 Å². The SMILES string of the molecule is CCCCC1CC[C@H](C)[C@@]1(C)CCC(C)[C@@]1(C)CC[C@H](CCCC)CC1C. The second-order valence-electron chi connectivity index (χ2n) is 11.5. The van der Waals surface area contributed by atoms with Crippen molar-refractivity contribution in [3.63, 3.8) is 0 Å². The van der Waals surface area contributed by atoms with Crippen molar-refractivity contribution in [3.05, 3.63) is 0 Å². The van der Waals surface area contributed by atoms with E-state index in [1.165, 1.54) is 83.5 Å². The van der Waals surface area contributed by atoms with Crippen LogP contribution in [0.4, 0.5) is 0 Å². The summed E-state index contributed by atoms with van der Waals surface area (Å²) in [6.07, 6.45) is 19.0. The molecule has 0 bridgehead atoms. The summed E-state index contributed by atoms with van der Waals surface area (Å²) in [6.45, 7) is 17.7. The number of hydrogen-bond acceptors (Lipinski definition) is 0. The van der Waals surface area contributed by atoms with Gasteiger partial charge in [0.2, 0.25) is 0 Å². The third-order valence-corrected chi connectivity index (χ3v) is 10.0. The van der Waals surface area contributed by atoms with Crippen LogP contribution < -0.4 is 0 Å². The maximum Gasteiger partial charge on any atom is -0.0272 e. The molecule has 0 aromatic carbocycles. The Labute approximate surface area is 172 Å². The summed E-state index contributed by atoms with van der Waals surface area (Å²) >= 11 is 0. The molecular formula is C27H52. The number of hydrogen-bond donors (Lipinski definition) is 0. The quantitative estimate of drug-likeness (QED) is 0.356. The molecule has 2 aliphatic rings. The molecule has 160 valence electrons. The second kappa shape index (κ2) is 10.2. The zero-order valence-electron chi connectivity index (χ0n) is 20.1. The van der Waals surface area contributed by atoms with Crippen molar-refractivity contribution in [2.24, 2.45) is 40.4 Å². The lowest BCUT2D eigenvalue weighted by molar-refractivity contribution is 0.0186. The van der Waals surface area contributed by atoms with Crippen LogP contribution >= 0.6 is 0 Å². The van der Waals surface area contributed by atoms with Gasteiger partial charge in [-0.25, -0.2) is 0 Å². The summed E-state index contributed by atoms with van der Waals surface area (Å²) in [6, 6.07) is 0. The lowest BCUT2D eigenvalue weighted by Gasteiger charge is -2.48. The van der Waals surface area contributed by atoms with Gasteiger partial charge in [0.15, 0.2) is 0 Å². The van der Waals surface area contributed by atoms with Gasteiger partial charge in [0.25, 0.3) is 0 Å². The summed E-state index contributed by atoms with van der Waals surface area (Å²) < 4.78 is 0. The average molecular weight is 377 g/mol. The van der Waals surface area contributed by atoms with Crippen LogP contribution in [0.3, 0.4) is 0 Å². The van der Waals surface area contributed by atoms with Gasteiger partial charge in [-0.05, 0) is 91.8 Å². The summed E-state index contributed by atoms with van der Waals surface area (Å²) in [5.74, 6) is 4.74. The van der Waals surface area contributed by atoms with E-state index < -0.39 is 0 Å². The molecule has 0 aromatic rings. The first-order chi connectivity index (χ1) is 12.8. The van der Waals surface area contributed by atoms with Crippen molar-refractivity contribution in [3.8, 4) is 0 Å². The van der Waals surface area contributed by atoms with Crippen LogP contribution in [0, 0.1) is 40.4 Å². The molecule has 27 heavy (non-hydrogen) atoms. The molecule has 0 saturated heterocycles. The molecule has 0 aliphatic heterocycles. The highest BCUT2D eigenvalue weighted by atomic mass is 14.5. The molecule has 0 N–H and O–H groups in total. The molecule has 0 amide bonds. The maximum absolute atomic E-state index is 2.66. The van der Waals surface area contributed by atoms with E-state index in [1.54, 1.807) is 0 Å². The van der Waals surface area contributed by atoms with E-state index in [0.717, 1.165) is 29.6 Å². The molecule has 7 atom stereocenters. The molecule has 0 heterocycles. The van der Waals surface area contributed by atoms with Crippen molar-refractivity contribution >= 4 is 0 Å². The van der Waals surface area contributed by atoms with E-state index in [-0.39, 0.29) is 0 Å². The van der Waals surface area contributed by atoms with E-state index in [2.05, 4.69) is 48.5 Å². The highest BCUT2D eigenvalue weighted by molar-refractivity contribution is 4.96. The van der Waals surface area contributed by atoms with Gasteiger partial charge >= 0.3 is 0 Å². The fourth-order valence-corrected chi connectivity index (χ4v) is 6.88. The summed E-state index contributed by atoms with van der Waals surface area (Å²) in [4.78, 5) is 0. The van der Waals surface area contributed by atoms with E-state index in [9.17, 15) is 0 Å². The largest absolute Gasteiger partial charge is 0.0654 e. The normalized spacial score (nSPS) is 41.0. The molecule has 2 aliphatic carbocycles. The molecule has 3 unspecified atom stereocenters. The smallest absolute Gasteiger partial charge is 0.0272 e. The lowest BCUT2D eigenvalue weighted by Crippen LogP contribution is -2.39. The Kier molecular flexibility index (Phi) is 8.76. The Hall–Kier alpha value is 0. The van der Waals surface area contributed by atoms with Gasteiger partial charge in [-0.1, -0.05) is 80.6 Å². The van der Waals surface area contributed by atoms with Gasteiger partial charge in [-0.3, -0.25) is 0 Å². The van der Waals surface area contributed by atoms with E-state index >= 15 is 0 Å². The fourth-order valence-electron chi connectivity index (χ4n) is 6.88. The monoisotopic (exact) mass is 376 g/mol. The standard InChI is InChI=1S/C27H52/c1-8-10-12-24-17-19-26(6,23(5)20-24)22(4)16-18-27(7)21(3)14-15-25(27)13-11-9-2/h21-25H,8-20H2,1-7H3/t21-,22?,23?,24-,25?,26+,27+/m0/s1. The van der Waals surface area contributed by atoms with Crippen molar-refractivity contribution < 1.29 is 0 Å². The minimum absolute atomic E-state index is 0.583. The number of rotatable bonds is 10. The van der Waals surface area contributed by atoms with Crippen LogP contribution in [0.25, 0.3) is 0 Å². The first-order valence-electron chi connectivity index (χ1n) is 12.8. The van der Waals surface area contributed by atoms with Gasteiger partial charge in [0.05, 0.1) is 0 Å². The third-order valence-electron chi connectivity index (χ3n) is 10.0. The molecule has 0 aromatic heterocycles. The van der Waals surface area contributed by atoms with E-state index in [0.29, 0.717) is 10.8 Å². The summed E-state index contributed by atoms with van der Waals surface area (Å²) in [7, 11) is 0. The van der Waals surface area contributed by atoms with Crippen molar-refractivity contribution in [1.29, 1.82) is 0 Å². The van der Waals surface area contributed by atoms with Crippen molar-refractivity contribution in [2.75, 3.05) is 0 Å². The molecule has 0 radical (unpaired) electrons. The molecule has 2 fully saturated rings. The Bertz CT molecular complexity index is 426. The van der Waals surface area contributed by atoms with Crippen molar-refractivity contribution in [1.82, 2.24) is 0 Å². The Balaban J connectivity index is 1.92. The van der Waals surface area contributed by atoms with Gasteiger partial charge in [0, 0.05) is 0 Å². The Morgan fingerprint density at radius 3 is 2.19 bits per heavy atom. The summed E-state index contributed by atoms with van der Waals surface area (Å²) in [5.41, 5.74) is 1.20. The molecule has 2 rings (SSSR count).